The van der Waals surface area contributed by atoms with Crippen LogP contribution in [0.4, 0.5) is 0 Å². The molecule has 0 unspecified atom stereocenters. The van der Waals surface area contributed by atoms with Gasteiger partial charge in [-0.25, -0.2) is 0 Å². The van der Waals surface area contributed by atoms with Crippen molar-refractivity contribution in [3.63, 3.8) is 0 Å². The Kier molecular flexibility index (Phi) is 3.60. The van der Waals surface area contributed by atoms with Gasteiger partial charge in [0.2, 0.25) is 0 Å². The second kappa shape index (κ2) is 4.55. The summed E-state index contributed by atoms with van der Waals surface area (Å²) in [6, 6.07) is 7.59. The summed E-state index contributed by atoms with van der Waals surface area (Å²) >= 11 is 5.91. The maximum absolute atomic E-state index is 8.63. The summed E-state index contributed by atoms with van der Waals surface area (Å²) in [6.45, 7) is 5.70. The number of rotatable bonds is 3. The molecule has 0 aromatic heterocycles. The first-order valence-corrected chi connectivity index (χ1v) is 5.14. The second-order valence-electron chi connectivity index (χ2n) is 4.11. The molecule has 0 saturated heterocycles. The standard InChI is InChI=1S/C12H14ClNO/c1-9-8-10(4-5-11(9)13)15-12(2,3)6-7-14/h4-5,8H,6H2,1-3H3. The average molecular weight is 224 g/mol. The third-order valence-electron chi connectivity index (χ3n) is 2.03. The van der Waals surface area contributed by atoms with Crippen LogP contribution in [0.3, 0.4) is 0 Å². The van der Waals surface area contributed by atoms with E-state index in [4.69, 9.17) is 21.6 Å². The summed E-state index contributed by atoms with van der Waals surface area (Å²) in [5.41, 5.74) is 0.511. The number of benzene rings is 1. The fraction of sp³-hybridized carbons (Fsp3) is 0.417. The lowest BCUT2D eigenvalue weighted by Gasteiger charge is -2.23. The predicted octanol–water partition coefficient (Wildman–Crippen LogP) is 3.72. The zero-order chi connectivity index (χ0) is 11.5. The molecule has 0 atom stereocenters. The molecule has 0 bridgehead atoms. The first kappa shape index (κ1) is 11.9. The Morgan fingerprint density at radius 3 is 2.67 bits per heavy atom. The van der Waals surface area contributed by atoms with Gasteiger partial charge < -0.3 is 4.74 Å². The Labute approximate surface area is 95.4 Å². The summed E-state index contributed by atoms with van der Waals surface area (Å²) in [5, 5.41) is 9.35. The Morgan fingerprint density at radius 2 is 2.13 bits per heavy atom. The van der Waals surface area contributed by atoms with E-state index in [1.165, 1.54) is 0 Å². The number of hydrogen-bond acceptors (Lipinski definition) is 2. The molecular formula is C12H14ClNO. The molecule has 0 amide bonds. The van der Waals surface area contributed by atoms with E-state index >= 15 is 0 Å². The van der Waals surface area contributed by atoms with Crippen LogP contribution in [0.15, 0.2) is 18.2 Å². The van der Waals surface area contributed by atoms with Gasteiger partial charge in [-0.05, 0) is 44.5 Å². The fourth-order valence-corrected chi connectivity index (χ4v) is 1.34. The van der Waals surface area contributed by atoms with Gasteiger partial charge in [-0.2, -0.15) is 5.26 Å². The number of nitriles is 1. The van der Waals surface area contributed by atoms with Crippen LogP contribution in [0.1, 0.15) is 25.8 Å². The molecule has 0 N–H and O–H groups in total. The van der Waals surface area contributed by atoms with Crippen LogP contribution in [-0.4, -0.2) is 5.60 Å². The zero-order valence-corrected chi connectivity index (χ0v) is 9.93. The molecule has 80 valence electrons. The van der Waals surface area contributed by atoms with Crippen molar-refractivity contribution in [2.45, 2.75) is 32.8 Å². The molecule has 15 heavy (non-hydrogen) atoms. The second-order valence-corrected chi connectivity index (χ2v) is 4.51. The third kappa shape index (κ3) is 3.45. The van der Waals surface area contributed by atoms with Gasteiger partial charge in [0.25, 0.3) is 0 Å². The van der Waals surface area contributed by atoms with Crippen LogP contribution in [0.25, 0.3) is 0 Å². The lowest BCUT2D eigenvalue weighted by atomic mass is 10.1. The molecule has 0 heterocycles. The summed E-state index contributed by atoms with van der Waals surface area (Å²) in [7, 11) is 0. The van der Waals surface area contributed by atoms with Crippen molar-refractivity contribution < 1.29 is 4.74 Å². The minimum atomic E-state index is -0.463. The van der Waals surface area contributed by atoms with E-state index in [1.807, 2.05) is 32.9 Å². The van der Waals surface area contributed by atoms with Gasteiger partial charge in [0.05, 0.1) is 12.5 Å². The zero-order valence-electron chi connectivity index (χ0n) is 9.17. The van der Waals surface area contributed by atoms with Gasteiger partial charge in [0, 0.05) is 5.02 Å². The van der Waals surface area contributed by atoms with Crippen molar-refractivity contribution in [2.24, 2.45) is 0 Å². The quantitative estimate of drug-likeness (QED) is 0.783. The predicted molar refractivity (Wildman–Crippen MR) is 61.1 cm³/mol. The van der Waals surface area contributed by atoms with Crippen LogP contribution >= 0.6 is 11.6 Å². The van der Waals surface area contributed by atoms with Gasteiger partial charge in [0.1, 0.15) is 11.4 Å². The van der Waals surface area contributed by atoms with Crippen LogP contribution in [0, 0.1) is 18.3 Å². The SMILES string of the molecule is Cc1cc(OC(C)(C)CC#N)ccc1Cl. The van der Waals surface area contributed by atoms with Crippen molar-refractivity contribution in [1.29, 1.82) is 5.26 Å². The number of nitrogens with zero attached hydrogens (tertiary/aromatic N) is 1. The molecule has 0 fully saturated rings. The summed E-state index contributed by atoms with van der Waals surface area (Å²) in [4.78, 5) is 0. The van der Waals surface area contributed by atoms with Crippen LogP contribution < -0.4 is 4.74 Å². The molecule has 0 aliphatic rings. The summed E-state index contributed by atoms with van der Waals surface area (Å²) in [5.74, 6) is 0.747. The molecule has 0 spiro atoms. The van der Waals surface area contributed by atoms with E-state index in [2.05, 4.69) is 6.07 Å². The number of aryl methyl sites for hydroxylation is 1. The van der Waals surface area contributed by atoms with Crippen molar-refractivity contribution >= 4 is 11.6 Å². The highest BCUT2D eigenvalue weighted by molar-refractivity contribution is 6.31. The lowest BCUT2D eigenvalue weighted by molar-refractivity contribution is 0.115. The molecule has 1 aromatic carbocycles. The molecule has 0 aliphatic carbocycles. The highest BCUT2D eigenvalue weighted by Gasteiger charge is 2.19. The van der Waals surface area contributed by atoms with Crippen LogP contribution in [0.2, 0.25) is 5.02 Å². The van der Waals surface area contributed by atoms with Crippen molar-refractivity contribution in [1.82, 2.24) is 0 Å². The third-order valence-corrected chi connectivity index (χ3v) is 2.45. The summed E-state index contributed by atoms with van der Waals surface area (Å²) in [6.07, 6.45) is 0.356. The van der Waals surface area contributed by atoms with Crippen molar-refractivity contribution in [2.75, 3.05) is 0 Å². The van der Waals surface area contributed by atoms with Crippen LogP contribution in [-0.2, 0) is 0 Å². The Balaban J connectivity index is 2.82. The van der Waals surface area contributed by atoms with Crippen molar-refractivity contribution in [3.8, 4) is 11.8 Å². The minimum Gasteiger partial charge on any atom is -0.487 e. The molecular weight excluding hydrogens is 210 g/mol. The van der Waals surface area contributed by atoms with E-state index in [9.17, 15) is 0 Å². The fourth-order valence-electron chi connectivity index (χ4n) is 1.23. The lowest BCUT2D eigenvalue weighted by Crippen LogP contribution is -2.27. The largest absolute Gasteiger partial charge is 0.487 e. The van der Waals surface area contributed by atoms with E-state index < -0.39 is 5.60 Å². The molecule has 0 radical (unpaired) electrons. The maximum Gasteiger partial charge on any atom is 0.120 e. The maximum atomic E-state index is 8.63. The Hall–Kier alpha value is -1.20. The van der Waals surface area contributed by atoms with Crippen LogP contribution in [0.5, 0.6) is 5.75 Å². The minimum absolute atomic E-state index is 0.356. The molecule has 2 nitrogen and oxygen atoms in total. The first-order valence-electron chi connectivity index (χ1n) is 4.77. The smallest absolute Gasteiger partial charge is 0.120 e. The van der Waals surface area contributed by atoms with E-state index in [-0.39, 0.29) is 0 Å². The van der Waals surface area contributed by atoms with E-state index in [0.29, 0.717) is 6.42 Å². The highest BCUT2D eigenvalue weighted by Crippen LogP contribution is 2.25. The highest BCUT2D eigenvalue weighted by atomic mass is 35.5. The summed E-state index contributed by atoms with van der Waals surface area (Å²) < 4.78 is 5.70. The van der Waals surface area contributed by atoms with Gasteiger partial charge in [-0.3, -0.25) is 0 Å². The molecule has 0 aliphatic heterocycles. The van der Waals surface area contributed by atoms with Gasteiger partial charge >= 0.3 is 0 Å². The van der Waals surface area contributed by atoms with Gasteiger partial charge in [-0.15, -0.1) is 0 Å². The average Bonchev–Trinajstić information content (AvgIpc) is 2.10. The number of hydrogen-bond donors (Lipinski definition) is 0. The first-order chi connectivity index (χ1) is 6.94. The number of halogens is 1. The van der Waals surface area contributed by atoms with E-state index in [1.54, 1.807) is 6.07 Å². The molecule has 1 aromatic rings. The topological polar surface area (TPSA) is 33.0 Å². The van der Waals surface area contributed by atoms with Crippen molar-refractivity contribution in [3.05, 3.63) is 28.8 Å². The van der Waals surface area contributed by atoms with E-state index in [0.717, 1.165) is 16.3 Å². The monoisotopic (exact) mass is 223 g/mol. The normalized spacial score (nSPS) is 10.9. The molecule has 1 rings (SSSR count). The van der Waals surface area contributed by atoms with Gasteiger partial charge in [0.15, 0.2) is 0 Å². The number of ether oxygens (including phenoxy) is 1. The molecule has 3 heteroatoms. The van der Waals surface area contributed by atoms with Gasteiger partial charge in [-0.1, -0.05) is 11.6 Å². The Morgan fingerprint density at radius 1 is 1.47 bits per heavy atom. The molecule has 0 saturated carbocycles. The Bertz CT molecular complexity index is 393.